The van der Waals surface area contributed by atoms with Crippen molar-refractivity contribution >= 4 is 16.8 Å². The van der Waals surface area contributed by atoms with Crippen molar-refractivity contribution < 1.29 is 9.21 Å². The molecule has 0 N–H and O–H groups in total. The van der Waals surface area contributed by atoms with Crippen LogP contribution >= 0.6 is 0 Å². The van der Waals surface area contributed by atoms with Gasteiger partial charge in [-0.05, 0) is 56.2 Å². The van der Waals surface area contributed by atoms with Gasteiger partial charge < -0.3 is 4.42 Å². The maximum Gasteiger partial charge on any atom is 0.201 e. The first kappa shape index (κ1) is 13.4. The molecule has 1 aliphatic rings. The van der Waals surface area contributed by atoms with E-state index in [4.69, 9.17) is 4.42 Å². The second kappa shape index (κ2) is 5.08. The largest absolute Gasteiger partial charge is 0.453 e. The van der Waals surface area contributed by atoms with Crippen LogP contribution in [0.2, 0.25) is 0 Å². The zero-order chi connectivity index (χ0) is 14.3. The van der Waals surface area contributed by atoms with Gasteiger partial charge >= 0.3 is 0 Å². The van der Waals surface area contributed by atoms with Crippen LogP contribution < -0.4 is 0 Å². The molecule has 1 aromatic heterocycles. The van der Waals surface area contributed by atoms with E-state index in [1.54, 1.807) is 0 Å². The van der Waals surface area contributed by atoms with Gasteiger partial charge in [-0.15, -0.1) is 0 Å². The third-order valence-electron chi connectivity index (χ3n) is 4.88. The molecule has 1 heterocycles. The molecule has 106 valence electrons. The van der Waals surface area contributed by atoms with Gasteiger partial charge in [0.15, 0.2) is 5.76 Å². The van der Waals surface area contributed by atoms with Crippen LogP contribution in [0.5, 0.6) is 0 Å². The number of carbonyl (C=O) groups excluding carboxylic acids is 1. The highest BCUT2D eigenvalue weighted by Crippen LogP contribution is 2.35. The number of Topliss-reactive ketones (excluding diaryl/α,β-unsaturated/α-hetero) is 1. The Balaban J connectivity index is 1.85. The molecule has 20 heavy (non-hydrogen) atoms. The van der Waals surface area contributed by atoms with Crippen molar-refractivity contribution in [1.82, 2.24) is 0 Å². The van der Waals surface area contributed by atoms with Crippen LogP contribution in [0.3, 0.4) is 0 Å². The van der Waals surface area contributed by atoms with Gasteiger partial charge in [-0.2, -0.15) is 0 Å². The van der Waals surface area contributed by atoms with Gasteiger partial charge in [0, 0.05) is 11.3 Å². The van der Waals surface area contributed by atoms with Crippen molar-refractivity contribution in [2.75, 3.05) is 0 Å². The smallest absolute Gasteiger partial charge is 0.201 e. The normalized spacial score (nSPS) is 26.9. The highest BCUT2D eigenvalue weighted by Gasteiger charge is 2.31. The van der Waals surface area contributed by atoms with Crippen molar-refractivity contribution in [3.05, 3.63) is 35.6 Å². The Morgan fingerprint density at radius 1 is 1.15 bits per heavy atom. The number of benzene rings is 1. The van der Waals surface area contributed by atoms with Crippen LogP contribution in [0.15, 0.2) is 28.7 Å². The molecule has 1 aliphatic carbocycles. The molecule has 0 aliphatic heterocycles. The topological polar surface area (TPSA) is 30.2 Å². The quantitative estimate of drug-likeness (QED) is 0.719. The fourth-order valence-corrected chi connectivity index (χ4v) is 3.27. The molecule has 1 saturated carbocycles. The second-order valence-corrected chi connectivity index (χ2v) is 6.48. The molecule has 3 atom stereocenters. The Kier molecular flexibility index (Phi) is 3.41. The van der Waals surface area contributed by atoms with Crippen molar-refractivity contribution in [2.24, 2.45) is 17.8 Å². The van der Waals surface area contributed by atoms with E-state index in [0.717, 1.165) is 36.1 Å². The van der Waals surface area contributed by atoms with Crippen LogP contribution in [-0.2, 0) is 0 Å². The number of ketones is 1. The predicted octanol–water partition coefficient (Wildman–Crippen LogP) is 5.00. The van der Waals surface area contributed by atoms with Crippen molar-refractivity contribution in [3.8, 4) is 0 Å². The minimum atomic E-state index is 0.142. The molecular formula is C18H22O2. The van der Waals surface area contributed by atoms with E-state index in [9.17, 15) is 4.79 Å². The van der Waals surface area contributed by atoms with Gasteiger partial charge in [0.1, 0.15) is 5.58 Å². The summed E-state index contributed by atoms with van der Waals surface area (Å²) in [4.78, 5) is 12.6. The Bertz CT molecular complexity index is 638. The standard InChI is InChI=1S/C18H22O2/c1-11-4-7-16-15(8-11)10-17(20-16)18(19)14-6-5-12(2)13(3)9-14/h4,7-8,10,12-14H,5-6,9H2,1-3H3. The maximum absolute atomic E-state index is 12.6. The number of furan rings is 1. The van der Waals surface area contributed by atoms with E-state index in [2.05, 4.69) is 26.8 Å². The molecule has 3 rings (SSSR count). The molecule has 2 aromatic rings. The van der Waals surface area contributed by atoms with E-state index in [0.29, 0.717) is 11.7 Å². The first-order valence-corrected chi connectivity index (χ1v) is 7.59. The fraction of sp³-hybridized carbons (Fsp3) is 0.500. The van der Waals surface area contributed by atoms with Crippen LogP contribution in [0.25, 0.3) is 11.0 Å². The average molecular weight is 270 g/mol. The fourth-order valence-electron chi connectivity index (χ4n) is 3.27. The Morgan fingerprint density at radius 2 is 1.95 bits per heavy atom. The SMILES string of the molecule is Cc1ccc2oc(C(=O)C3CCC(C)C(C)C3)cc2c1. The molecule has 0 saturated heterocycles. The van der Waals surface area contributed by atoms with E-state index >= 15 is 0 Å². The van der Waals surface area contributed by atoms with E-state index in [-0.39, 0.29) is 11.7 Å². The van der Waals surface area contributed by atoms with Crippen LogP contribution in [0.1, 0.15) is 49.2 Å². The number of hydrogen-bond donors (Lipinski definition) is 0. The summed E-state index contributed by atoms with van der Waals surface area (Å²) in [6, 6.07) is 7.95. The number of carbonyl (C=O) groups is 1. The first-order valence-electron chi connectivity index (χ1n) is 7.59. The summed E-state index contributed by atoms with van der Waals surface area (Å²) in [6.45, 7) is 6.60. The lowest BCUT2D eigenvalue weighted by Crippen LogP contribution is -2.26. The van der Waals surface area contributed by atoms with Gasteiger partial charge in [0.25, 0.3) is 0 Å². The van der Waals surface area contributed by atoms with E-state index < -0.39 is 0 Å². The van der Waals surface area contributed by atoms with Crippen LogP contribution in [0, 0.1) is 24.7 Å². The highest BCUT2D eigenvalue weighted by atomic mass is 16.3. The molecule has 1 aromatic carbocycles. The summed E-state index contributed by atoms with van der Waals surface area (Å²) < 4.78 is 5.75. The summed E-state index contributed by atoms with van der Waals surface area (Å²) >= 11 is 0. The predicted molar refractivity (Wildman–Crippen MR) is 81.0 cm³/mol. The van der Waals surface area contributed by atoms with Crippen molar-refractivity contribution in [2.45, 2.75) is 40.0 Å². The van der Waals surface area contributed by atoms with Gasteiger partial charge in [-0.1, -0.05) is 25.5 Å². The Hall–Kier alpha value is -1.57. The third kappa shape index (κ3) is 2.39. The van der Waals surface area contributed by atoms with Gasteiger partial charge in [-0.25, -0.2) is 0 Å². The van der Waals surface area contributed by atoms with E-state index in [1.807, 2.05) is 18.2 Å². The molecule has 0 spiro atoms. The number of hydrogen-bond acceptors (Lipinski definition) is 2. The minimum Gasteiger partial charge on any atom is -0.453 e. The molecule has 3 unspecified atom stereocenters. The maximum atomic E-state index is 12.6. The summed E-state index contributed by atoms with van der Waals surface area (Å²) in [7, 11) is 0. The average Bonchev–Trinajstić information content (AvgIpc) is 2.84. The van der Waals surface area contributed by atoms with Crippen LogP contribution in [0.4, 0.5) is 0 Å². The highest BCUT2D eigenvalue weighted by molar-refractivity contribution is 5.99. The molecule has 0 radical (unpaired) electrons. The van der Waals surface area contributed by atoms with Crippen molar-refractivity contribution in [3.63, 3.8) is 0 Å². The van der Waals surface area contributed by atoms with Crippen molar-refractivity contribution in [1.29, 1.82) is 0 Å². The lowest BCUT2D eigenvalue weighted by molar-refractivity contribution is 0.0811. The van der Waals surface area contributed by atoms with Gasteiger partial charge in [0.2, 0.25) is 5.78 Å². The Morgan fingerprint density at radius 3 is 2.70 bits per heavy atom. The molecule has 2 heteroatoms. The number of aryl methyl sites for hydroxylation is 1. The molecule has 0 bridgehead atoms. The molecule has 1 fully saturated rings. The van der Waals surface area contributed by atoms with E-state index in [1.165, 1.54) is 5.56 Å². The molecule has 2 nitrogen and oxygen atoms in total. The zero-order valence-electron chi connectivity index (χ0n) is 12.5. The zero-order valence-corrected chi connectivity index (χ0v) is 12.5. The number of rotatable bonds is 2. The third-order valence-corrected chi connectivity index (χ3v) is 4.88. The summed E-state index contributed by atoms with van der Waals surface area (Å²) in [5.41, 5.74) is 2.01. The summed E-state index contributed by atoms with van der Waals surface area (Å²) in [6.07, 6.45) is 3.15. The number of fused-ring (bicyclic) bond motifs is 1. The minimum absolute atomic E-state index is 0.142. The lowest BCUT2D eigenvalue weighted by atomic mass is 9.74. The van der Waals surface area contributed by atoms with Gasteiger partial charge in [-0.3, -0.25) is 4.79 Å². The first-order chi connectivity index (χ1) is 9.54. The molecule has 0 amide bonds. The second-order valence-electron chi connectivity index (χ2n) is 6.48. The van der Waals surface area contributed by atoms with Gasteiger partial charge in [0.05, 0.1) is 0 Å². The van der Waals surface area contributed by atoms with Crippen LogP contribution in [-0.4, -0.2) is 5.78 Å². The Labute approximate surface area is 120 Å². The lowest BCUT2D eigenvalue weighted by Gasteiger charge is -2.30. The monoisotopic (exact) mass is 270 g/mol. The summed E-state index contributed by atoms with van der Waals surface area (Å²) in [5, 5.41) is 1.03. The summed E-state index contributed by atoms with van der Waals surface area (Å²) in [5.74, 6) is 2.24. The molecular weight excluding hydrogens is 248 g/mol.